The minimum atomic E-state index is -0.815. The normalized spacial score (nSPS) is 29.2. The van der Waals surface area contributed by atoms with Gasteiger partial charge in [-0.15, -0.1) is 0 Å². The molecule has 1 aromatic rings. The highest BCUT2D eigenvalue weighted by molar-refractivity contribution is 5.71. The Labute approximate surface area is 113 Å². The Hall–Kier alpha value is -1.55. The van der Waals surface area contributed by atoms with Crippen molar-refractivity contribution in [3.63, 3.8) is 0 Å². The highest BCUT2D eigenvalue weighted by Gasteiger charge is 2.35. The maximum Gasteiger partial charge on any atom is 0.307 e. The zero-order valence-electron chi connectivity index (χ0n) is 10.9. The van der Waals surface area contributed by atoms with Crippen molar-refractivity contribution in [3.8, 4) is 5.75 Å². The molecule has 0 amide bonds. The molecule has 0 aliphatic carbocycles. The van der Waals surface area contributed by atoms with Crippen molar-refractivity contribution in [1.29, 1.82) is 0 Å². The van der Waals surface area contributed by atoms with Gasteiger partial charge in [-0.25, -0.2) is 0 Å². The predicted octanol–water partition coefficient (Wildman–Crippen LogP) is 1.79. The van der Waals surface area contributed by atoms with E-state index in [1.807, 2.05) is 24.3 Å². The summed E-state index contributed by atoms with van der Waals surface area (Å²) in [6, 6.07) is 7.49. The summed E-state index contributed by atoms with van der Waals surface area (Å²) in [6.45, 7) is 3.34. The maximum atomic E-state index is 10.9. The van der Waals surface area contributed by atoms with Crippen LogP contribution in [0.2, 0.25) is 0 Å². The van der Waals surface area contributed by atoms with Crippen LogP contribution in [0.3, 0.4) is 0 Å². The smallest absolute Gasteiger partial charge is 0.307 e. The standard InChI is InChI=1S/C15H19NO3/c17-15(18)9-12-3-1-2-4-13(12)19-14-10-16-7-5-11(14)6-8-16/h1-4,11,14H,5-10H2,(H,17,18). The van der Waals surface area contributed by atoms with Crippen LogP contribution in [0, 0.1) is 5.92 Å². The molecule has 2 bridgehead atoms. The lowest BCUT2D eigenvalue weighted by Crippen LogP contribution is -2.52. The second-order valence-electron chi connectivity index (χ2n) is 5.47. The Balaban J connectivity index is 1.74. The van der Waals surface area contributed by atoms with E-state index in [2.05, 4.69) is 4.90 Å². The lowest BCUT2D eigenvalue weighted by molar-refractivity contribution is -0.136. The number of para-hydroxylation sites is 1. The second kappa shape index (κ2) is 5.21. The first kappa shape index (κ1) is 12.5. The van der Waals surface area contributed by atoms with Crippen LogP contribution in [-0.4, -0.2) is 41.7 Å². The Bertz CT molecular complexity index is 466. The summed E-state index contributed by atoms with van der Waals surface area (Å²) in [6.07, 6.45) is 2.65. The molecule has 1 atom stereocenters. The number of ether oxygens (including phenoxy) is 1. The van der Waals surface area contributed by atoms with Crippen molar-refractivity contribution >= 4 is 5.97 Å². The van der Waals surface area contributed by atoms with Crippen molar-refractivity contribution in [2.24, 2.45) is 5.92 Å². The van der Waals surface area contributed by atoms with Crippen molar-refractivity contribution < 1.29 is 14.6 Å². The number of aliphatic carboxylic acids is 1. The molecule has 0 saturated carbocycles. The van der Waals surface area contributed by atoms with Gasteiger partial charge < -0.3 is 9.84 Å². The number of carboxylic acids is 1. The summed E-state index contributed by atoms with van der Waals surface area (Å²) in [4.78, 5) is 13.3. The first-order valence-electron chi connectivity index (χ1n) is 6.91. The van der Waals surface area contributed by atoms with E-state index in [1.165, 1.54) is 25.9 Å². The molecule has 1 unspecified atom stereocenters. The Morgan fingerprint density at radius 1 is 1.32 bits per heavy atom. The van der Waals surface area contributed by atoms with Crippen LogP contribution in [0.4, 0.5) is 0 Å². The molecular weight excluding hydrogens is 242 g/mol. The SMILES string of the molecule is O=C(O)Cc1ccccc1OC1CN2CCC1CC2. The van der Waals surface area contributed by atoms with Crippen LogP contribution >= 0.6 is 0 Å². The van der Waals surface area contributed by atoms with Crippen molar-refractivity contribution in [2.45, 2.75) is 25.4 Å². The van der Waals surface area contributed by atoms with Crippen molar-refractivity contribution in [1.82, 2.24) is 4.90 Å². The molecule has 4 heteroatoms. The summed E-state index contributed by atoms with van der Waals surface area (Å²) >= 11 is 0. The van der Waals surface area contributed by atoms with Crippen molar-refractivity contribution in [2.75, 3.05) is 19.6 Å². The number of carboxylic acid groups (broad SMARTS) is 1. The van der Waals surface area contributed by atoms with Crippen molar-refractivity contribution in [3.05, 3.63) is 29.8 Å². The molecule has 4 rings (SSSR count). The molecule has 4 nitrogen and oxygen atoms in total. The molecule has 3 heterocycles. The summed E-state index contributed by atoms with van der Waals surface area (Å²) in [5, 5.41) is 8.94. The largest absolute Gasteiger partial charge is 0.489 e. The number of piperidine rings is 3. The molecule has 0 aromatic heterocycles. The lowest BCUT2D eigenvalue weighted by Gasteiger charge is -2.44. The van der Waals surface area contributed by atoms with E-state index < -0.39 is 5.97 Å². The monoisotopic (exact) mass is 261 g/mol. The van der Waals surface area contributed by atoms with E-state index in [9.17, 15) is 4.79 Å². The predicted molar refractivity (Wildman–Crippen MR) is 71.4 cm³/mol. The zero-order valence-corrected chi connectivity index (χ0v) is 10.9. The van der Waals surface area contributed by atoms with Gasteiger partial charge in [-0.2, -0.15) is 0 Å². The molecule has 1 N–H and O–H groups in total. The van der Waals surface area contributed by atoms with Gasteiger partial charge in [0.1, 0.15) is 11.9 Å². The highest BCUT2D eigenvalue weighted by atomic mass is 16.5. The molecule has 3 aliphatic heterocycles. The maximum absolute atomic E-state index is 10.9. The van der Waals surface area contributed by atoms with Gasteiger partial charge in [-0.3, -0.25) is 9.69 Å². The number of rotatable bonds is 4. The van der Waals surface area contributed by atoms with Gasteiger partial charge >= 0.3 is 5.97 Å². The van der Waals surface area contributed by atoms with Crippen LogP contribution in [0.25, 0.3) is 0 Å². The minimum Gasteiger partial charge on any atom is -0.489 e. The number of carbonyl (C=O) groups is 1. The average molecular weight is 261 g/mol. The van der Waals surface area contributed by atoms with Gasteiger partial charge in [-0.05, 0) is 37.9 Å². The summed E-state index contributed by atoms with van der Waals surface area (Å²) in [5.74, 6) is 0.552. The Morgan fingerprint density at radius 2 is 2.05 bits per heavy atom. The van der Waals surface area contributed by atoms with E-state index in [0.29, 0.717) is 5.92 Å². The van der Waals surface area contributed by atoms with E-state index in [-0.39, 0.29) is 12.5 Å². The molecule has 3 aliphatic rings. The van der Waals surface area contributed by atoms with Gasteiger partial charge in [0.15, 0.2) is 0 Å². The average Bonchev–Trinajstić information content (AvgIpc) is 2.42. The number of fused-ring (bicyclic) bond motifs is 3. The van der Waals surface area contributed by atoms with Crippen LogP contribution < -0.4 is 4.74 Å². The van der Waals surface area contributed by atoms with E-state index in [1.54, 1.807) is 0 Å². The third-order valence-electron chi connectivity index (χ3n) is 4.19. The van der Waals surface area contributed by atoms with Crippen LogP contribution in [0.15, 0.2) is 24.3 Å². The highest BCUT2D eigenvalue weighted by Crippen LogP contribution is 2.31. The fraction of sp³-hybridized carbons (Fsp3) is 0.533. The fourth-order valence-electron chi connectivity index (χ4n) is 3.14. The Morgan fingerprint density at radius 3 is 2.68 bits per heavy atom. The molecule has 0 spiro atoms. The fourth-order valence-corrected chi connectivity index (χ4v) is 3.14. The van der Waals surface area contributed by atoms with Gasteiger partial charge in [0.2, 0.25) is 0 Å². The number of hydrogen-bond acceptors (Lipinski definition) is 3. The first-order valence-corrected chi connectivity index (χ1v) is 6.91. The third-order valence-corrected chi connectivity index (χ3v) is 4.19. The number of hydrogen-bond donors (Lipinski definition) is 1. The second-order valence-corrected chi connectivity index (χ2v) is 5.47. The lowest BCUT2D eigenvalue weighted by atomic mass is 9.86. The zero-order chi connectivity index (χ0) is 13.2. The van der Waals surface area contributed by atoms with Gasteiger partial charge in [0.05, 0.1) is 6.42 Å². The third kappa shape index (κ3) is 2.73. The molecular formula is C15H19NO3. The van der Waals surface area contributed by atoms with Gasteiger partial charge in [0, 0.05) is 12.1 Å². The van der Waals surface area contributed by atoms with Gasteiger partial charge in [-0.1, -0.05) is 18.2 Å². The first-order chi connectivity index (χ1) is 9.22. The molecule has 3 fully saturated rings. The van der Waals surface area contributed by atoms with E-state index >= 15 is 0 Å². The van der Waals surface area contributed by atoms with E-state index in [0.717, 1.165) is 17.9 Å². The summed E-state index contributed by atoms with van der Waals surface area (Å²) < 4.78 is 6.12. The topological polar surface area (TPSA) is 49.8 Å². The number of nitrogens with zero attached hydrogens (tertiary/aromatic N) is 1. The van der Waals surface area contributed by atoms with Crippen LogP contribution in [0.1, 0.15) is 18.4 Å². The van der Waals surface area contributed by atoms with E-state index in [4.69, 9.17) is 9.84 Å². The molecule has 19 heavy (non-hydrogen) atoms. The molecule has 0 radical (unpaired) electrons. The van der Waals surface area contributed by atoms with Crippen LogP contribution in [0.5, 0.6) is 5.75 Å². The summed E-state index contributed by atoms with van der Waals surface area (Å²) in [7, 11) is 0. The van der Waals surface area contributed by atoms with Crippen LogP contribution in [-0.2, 0) is 11.2 Å². The Kier molecular flexibility index (Phi) is 3.42. The minimum absolute atomic E-state index is 0.0251. The quantitative estimate of drug-likeness (QED) is 0.897. The number of benzene rings is 1. The molecule has 3 saturated heterocycles. The van der Waals surface area contributed by atoms with Gasteiger partial charge in [0.25, 0.3) is 0 Å². The molecule has 1 aromatic carbocycles. The molecule has 102 valence electrons. The summed E-state index contributed by atoms with van der Waals surface area (Å²) in [5.41, 5.74) is 0.770.